The van der Waals surface area contributed by atoms with Crippen molar-refractivity contribution in [1.82, 2.24) is 0 Å². The molecule has 0 radical (unpaired) electrons. The first-order chi connectivity index (χ1) is 16.4. The average molecular weight is 506 g/mol. The Balaban J connectivity index is 1.68. The van der Waals surface area contributed by atoms with Crippen molar-refractivity contribution in [2.24, 2.45) is 5.10 Å². The molecular formula is C26H20ClN3O2S2. The molecule has 1 fully saturated rings. The lowest BCUT2D eigenvalue weighted by atomic mass is 10.1. The fourth-order valence-electron chi connectivity index (χ4n) is 3.73. The first kappa shape index (κ1) is 22.8. The lowest BCUT2D eigenvalue weighted by molar-refractivity contribution is -0.114. The van der Waals surface area contributed by atoms with Gasteiger partial charge in [-0.1, -0.05) is 71.4 Å². The number of hydrazone groups is 1. The van der Waals surface area contributed by atoms with Gasteiger partial charge in [-0.15, -0.1) is 0 Å². The number of thioether (sulfide) groups is 2. The van der Waals surface area contributed by atoms with Crippen molar-refractivity contribution >= 4 is 69.3 Å². The number of halogens is 1. The van der Waals surface area contributed by atoms with Gasteiger partial charge in [0.1, 0.15) is 0 Å². The molecule has 2 aliphatic rings. The van der Waals surface area contributed by atoms with Crippen LogP contribution in [-0.2, 0) is 9.59 Å². The highest BCUT2D eigenvalue weighted by Gasteiger charge is 2.59. The Bertz CT molecular complexity index is 1320. The zero-order valence-electron chi connectivity index (χ0n) is 18.4. The summed E-state index contributed by atoms with van der Waals surface area (Å²) < 4.78 is -1.04. The molecule has 0 saturated carbocycles. The van der Waals surface area contributed by atoms with Crippen LogP contribution < -0.4 is 9.91 Å². The molecule has 0 unspecified atom stereocenters. The van der Waals surface area contributed by atoms with Crippen molar-refractivity contribution < 1.29 is 9.59 Å². The number of anilines is 2. The number of rotatable bonds is 4. The van der Waals surface area contributed by atoms with E-state index >= 15 is 0 Å². The molecule has 1 amide bonds. The molecule has 5 rings (SSSR count). The molecule has 2 heterocycles. The lowest BCUT2D eigenvalue weighted by Gasteiger charge is -2.38. The van der Waals surface area contributed by atoms with Crippen LogP contribution in [0, 0.1) is 6.92 Å². The van der Waals surface area contributed by atoms with Crippen LogP contribution in [0.3, 0.4) is 0 Å². The number of hydrogen-bond acceptors (Lipinski definition) is 6. The van der Waals surface area contributed by atoms with Crippen molar-refractivity contribution in [1.29, 1.82) is 0 Å². The number of aryl methyl sites for hydroxylation is 1. The van der Waals surface area contributed by atoms with E-state index in [0.717, 1.165) is 22.5 Å². The van der Waals surface area contributed by atoms with E-state index in [4.69, 9.17) is 11.6 Å². The summed E-state index contributed by atoms with van der Waals surface area (Å²) in [5.41, 5.74) is 3.53. The second-order valence-corrected chi connectivity index (χ2v) is 11.0. The summed E-state index contributed by atoms with van der Waals surface area (Å²) in [7, 11) is 0. The quantitative estimate of drug-likeness (QED) is 0.377. The fourth-order valence-corrected chi connectivity index (χ4v) is 6.73. The van der Waals surface area contributed by atoms with Gasteiger partial charge in [-0.2, -0.15) is 5.10 Å². The molecule has 170 valence electrons. The van der Waals surface area contributed by atoms with Crippen LogP contribution in [0.4, 0.5) is 11.4 Å². The Kier molecular flexibility index (Phi) is 6.02. The summed E-state index contributed by atoms with van der Waals surface area (Å²) in [6.07, 6.45) is 1.89. The third-order valence-electron chi connectivity index (χ3n) is 5.39. The topological polar surface area (TPSA) is 53.0 Å². The number of carbonyl (C=O) groups excluding carboxylic acids is 2. The van der Waals surface area contributed by atoms with Crippen LogP contribution in [0.15, 0.2) is 88.9 Å². The summed E-state index contributed by atoms with van der Waals surface area (Å²) >= 11 is 8.79. The van der Waals surface area contributed by atoms with Crippen molar-refractivity contribution in [3.8, 4) is 0 Å². The standard InChI is InChI=1S/C26H20ClN3O2S2/c1-17-8-10-19(11-9-17)16-23-25(32)29(21-6-4-3-5-7-21)26(33-23)30(28-24(34-26)18(2)31)22-14-12-20(27)13-15-22/h3-16H,1-2H3/b23-16-/t26-/m1/s1. The Morgan fingerprint density at radius 2 is 1.62 bits per heavy atom. The molecule has 34 heavy (non-hydrogen) atoms. The Morgan fingerprint density at radius 3 is 2.26 bits per heavy atom. The van der Waals surface area contributed by atoms with Gasteiger partial charge in [-0.3, -0.25) is 14.5 Å². The monoisotopic (exact) mass is 505 g/mol. The van der Waals surface area contributed by atoms with Gasteiger partial charge in [0.05, 0.1) is 10.6 Å². The maximum Gasteiger partial charge on any atom is 0.268 e. The summed E-state index contributed by atoms with van der Waals surface area (Å²) in [5.74, 6) is -0.305. The van der Waals surface area contributed by atoms with Crippen LogP contribution in [-0.4, -0.2) is 21.1 Å². The van der Waals surface area contributed by atoms with E-state index in [9.17, 15) is 9.59 Å². The molecule has 1 saturated heterocycles. The summed E-state index contributed by atoms with van der Waals surface area (Å²) in [6.45, 7) is 3.51. The van der Waals surface area contributed by atoms with E-state index in [-0.39, 0.29) is 11.7 Å². The van der Waals surface area contributed by atoms with Gasteiger partial charge in [0.2, 0.25) is 4.33 Å². The largest absolute Gasteiger partial charge is 0.292 e. The number of amides is 1. The number of nitrogens with zero attached hydrogens (tertiary/aromatic N) is 3. The Hall–Kier alpha value is -3.00. The molecule has 0 N–H and O–H groups in total. The van der Waals surface area contributed by atoms with Gasteiger partial charge in [-0.05, 0) is 66.7 Å². The predicted octanol–water partition coefficient (Wildman–Crippen LogP) is 6.54. The number of benzene rings is 3. The second kappa shape index (κ2) is 8.98. The van der Waals surface area contributed by atoms with E-state index in [2.05, 4.69) is 5.10 Å². The van der Waals surface area contributed by atoms with Gasteiger partial charge in [0.15, 0.2) is 10.8 Å². The van der Waals surface area contributed by atoms with Gasteiger partial charge in [0.25, 0.3) is 5.91 Å². The summed E-state index contributed by atoms with van der Waals surface area (Å²) in [4.78, 5) is 28.6. The lowest BCUT2D eigenvalue weighted by Crippen LogP contribution is -2.51. The third-order valence-corrected chi connectivity index (χ3v) is 8.46. The average Bonchev–Trinajstić information content (AvgIpc) is 3.34. The molecule has 2 aliphatic heterocycles. The minimum absolute atomic E-state index is 0.150. The van der Waals surface area contributed by atoms with Gasteiger partial charge in [-0.25, -0.2) is 5.01 Å². The van der Waals surface area contributed by atoms with E-state index in [1.165, 1.54) is 30.4 Å². The number of hydrogen-bond donors (Lipinski definition) is 0. The molecule has 8 heteroatoms. The van der Waals surface area contributed by atoms with E-state index in [1.807, 2.05) is 79.7 Å². The SMILES string of the molecule is CC(=O)C1=NN(c2ccc(Cl)cc2)[C@@]2(S1)S/C(=C\c1ccc(C)cc1)C(=O)N2c1ccccc1. The molecular weight excluding hydrogens is 486 g/mol. The predicted molar refractivity (Wildman–Crippen MR) is 143 cm³/mol. The maximum atomic E-state index is 13.9. The minimum atomic E-state index is -1.04. The third kappa shape index (κ3) is 4.04. The van der Waals surface area contributed by atoms with Crippen LogP contribution in [0.1, 0.15) is 18.1 Å². The van der Waals surface area contributed by atoms with Crippen molar-refractivity contribution in [2.45, 2.75) is 18.2 Å². The van der Waals surface area contributed by atoms with Crippen LogP contribution >= 0.6 is 35.1 Å². The first-order valence-electron chi connectivity index (χ1n) is 10.6. The minimum Gasteiger partial charge on any atom is -0.292 e. The van der Waals surface area contributed by atoms with Crippen molar-refractivity contribution in [3.05, 3.63) is 99.9 Å². The Labute approximate surface area is 211 Å². The molecule has 0 bridgehead atoms. The molecule has 0 aromatic heterocycles. The fraction of sp³-hybridized carbons (Fsp3) is 0.115. The highest BCUT2D eigenvalue weighted by Crippen LogP contribution is 2.59. The number of Topliss-reactive ketones (excluding diaryl/α,β-unsaturated/α-hetero) is 1. The summed E-state index contributed by atoms with van der Waals surface area (Å²) in [6, 6.07) is 24.7. The zero-order chi connectivity index (χ0) is 23.9. The van der Waals surface area contributed by atoms with Gasteiger partial charge in [0, 0.05) is 17.6 Å². The van der Waals surface area contributed by atoms with E-state index in [1.54, 1.807) is 22.0 Å². The number of carbonyl (C=O) groups is 2. The second-order valence-electron chi connectivity index (χ2n) is 7.90. The highest BCUT2D eigenvalue weighted by molar-refractivity contribution is 8.29. The first-order valence-corrected chi connectivity index (χ1v) is 12.6. The van der Waals surface area contributed by atoms with Crippen LogP contribution in [0.2, 0.25) is 5.02 Å². The van der Waals surface area contributed by atoms with Gasteiger partial charge < -0.3 is 0 Å². The smallest absolute Gasteiger partial charge is 0.268 e. The highest BCUT2D eigenvalue weighted by atomic mass is 35.5. The number of ketones is 1. The van der Waals surface area contributed by atoms with E-state index in [0.29, 0.717) is 15.0 Å². The molecule has 5 nitrogen and oxygen atoms in total. The van der Waals surface area contributed by atoms with Crippen LogP contribution in [0.5, 0.6) is 0 Å². The number of para-hydroxylation sites is 1. The maximum absolute atomic E-state index is 13.9. The summed E-state index contributed by atoms with van der Waals surface area (Å²) in [5, 5.41) is 7.34. The molecule has 1 spiro atoms. The molecule has 1 atom stereocenters. The zero-order valence-corrected chi connectivity index (χ0v) is 20.8. The van der Waals surface area contributed by atoms with Gasteiger partial charge >= 0.3 is 0 Å². The normalized spacial score (nSPS) is 21.0. The molecule has 3 aromatic rings. The Morgan fingerprint density at radius 1 is 0.941 bits per heavy atom. The van der Waals surface area contributed by atoms with Crippen molar-refractivity contribution in [2.75, 3.05) is 9.91 Å². The molecule has 3 aromatic carbocycles. The van der Waals surface area contributed by atoms with Crippen LogP contribution in [0.25, 0.3) is 6.08 Å². The molecule has 0 aliphatic carbocycles. The van der Waals surface area contributed by atoms with E-state index < -0.39 is 4.33 Å². The van der Waals surface area contributed by atoms with Crippen molar-refractivity contribution in [3.63, 3.8) is 0 Å².